The highest BCUT2D eigenvalue weighted by molar-refractivity contribution is 7.80. The minimum atomic E-state index is -1.76. The third kappa shape index (κ3) is 32.7. The average molecular weight is 1690 g/mol. The van der Waals surface area contributed by atoms with Gasteiger partial charge in [-0.1, -0.05) is 0 Å². The third-order valence-electron chi connectivity index (χ3n) is 17.4. The number of carboxylic acids is 1. The number of H-pyrrole nitrogens is 1. The molecule has 47 nitrogen and oxygen atoms in total. The summed E-state index contributed by atoms with van der Waals surface area (Å²) < 4.78 is 0. The first-order valence-electron chi connectivity index (χ1n) is 35.9. The monoisotopic (exact) mass is 1690 g/mol. The van der Waals surface area contributed by atoms with Crippen molar-refractivity contribution in [2.45, 2.75) is 175 Å². The van der Waals surface area contributed by atoms with E-state index in [1.807, 2.05) is 0 Å². The lowest BCUT2D eigenvalue weighted by atomic mass is 10.1. The lowest BCUT2D eigenvalue weighted by Crippen LogP contribution is -2.61. The summed E-state index contributed by atoms with van der Waals surface area (Å²) in [4.78, 5) is 238. The fraction of sp³-hybridized carbons (Fsp3) is 0.651. The number of rotatable bonds is 50. The number of nitrogens with zero attached hydrogens (tertiary/aromatic N) is 6. The van der Waals surface area contributed by atoms with Crippen molar-refractivity contribution in [1.82, 2.24) is 88.9 Å². The molecule has 32 N–H and O–H groups in total. The number of thiol groups is 4. The minimum absolute atomic E-state index is 0.0100. The highest BCUT2D eigenvalue weighted by atomic mass is 32.1. The highest BCUT2D eigenvalue weighted by Crippen LogP contribution is 2.22. The molecule has 638 valence electrons. The molecule has 114 heavy (non-hydrogen) atoms. The number of hydrogen-bond donors (Lipinski definition) is 29. The van der Waals surface area contributed by atoms with Crippen LogP contribution in [0.1, 0.15) is 83.7 Å². The van der Waals surface area contributed by atoms with Gasteiger partial charge in [0.15, 0.2) is 17.9 Å². The number of aromatic amines is 1. The number of imidazole rings is 1. The second-order valence-corrected chi connectivity index (χ2v) is 27.5. The largest absolute Gasteiger partial charge is 0.480 e. The van der Waals surface area contributed by atoms with Gasteiger partial charge in [0.05, 0.1) is 32.7 Å². The Morgan fingerprint density at radius 2 is 0.772 bits per heavy atom. The Hall–Kier alpha value is -10.2. The molecule has 3 rings (SSSR count). The number of nitrogens with two attached hydrogens (primary N) is 7. The van der Waals surface area contributed by atoms with E-state index in [-0.39, 0.29) is 138 Å². The van der Waals surface area contributed by atoms with E-state index in [1.165, 1.54) is 26.4 Å². The number of nitrogens with one attached hydrogen (secondary N) is 14. The molecule has 2 saturated heterocycles. The fourth-order valence-electron chi connectivity index (χ4n) is 11.3. The van der Waals surface area contributed by atoms with Crippen LogP contribution in [-0.2, 0) is 83.1 Å². The van der Waals surface area contributed by atoms with E-state index in [1.54, 1.807) is 0 Å². The topological polar surface area (TPSA) is 765 Å². The molecule has 2 fully saturated rings. The molecule has 0 spiro atoms. The number of amides is 15. The summed E-state index contributed by atoms with van der Waals surface area (Å²) in [5, 5.41) is 71.5. The van der Waals surface area contributed by atoms with Gasteiger partial charge in [-0.2, -0.15) is 50.5 Å². The first kappa shape index (κ1) is 98.0. The van der Waals surface area contributed by atoms with Crippen LogP contribution in [0.5, 0.6) is 0 Å². The van der Waals surface area contributed by atoms with Gasteiger partial charge in [0.1, 0.15) is 90.6 Å². The van der Waals surface area contributed by atoms with Crippen LogP contribution < -0.4 is 109 Å². The molecular formula is C63H107N27O20S4. The molecule has 2 aliphatic heterocycles. The van der Waals surface area contributed by atoms with Gasteiger partial charge >= 0.3 is 5.97 Å². The number of aliphatic carboxylic acids is 1. The average Bonchev–Trinajstić information content (AvgIpc) is 1.64. The van der Waals surface area contributed by atoms with Gasteiger partial charge in [-0.25, -0.2) is 9.78 Å². The SMILES string of the molecule is C[C@H](NC(=O)[C@H](CCCN=C(N)N)NC(=O)[C@H](CCCN=C(N)N)NC(=O)[C@@H]1CCCN1C(=O)[C@H](CO)NC(=O)[C@H](CS)NC(=O)[C@H](C)NC(=O)[C@@H]1CCCN1C(=O)[C@H](Cc1cnc[nH]1)NC(=O)[C@H](CO)NC(=O)[C@H](CS)NC(=O)[C@H](CS)NC(=O)CN)C(=O)N[C@@H](CCCN=C(N)N)C(=O)N[C@@H](CO)C(=O)N[C@@H](CS)C(=O)O. The van der Waals surface area contributed by atoms with Crippen LogP contribution in [0.4, 0.5) is 0 Å². The molecular weight excluding hydrogens is 1580 g/mol. The van der Waals surface area contributed by atoms with Crippen molar-refractivity contribution in [3.8, 4) is 0 Å². The van der Waals surface area contributed by atoms with E-state index in [2.05, 4.69) is 145 Å². The molecule has 0 bridgehead atoms. The Labute approximate surface area is 676 Å². The summed E-state index contributed by atoms with van der Waals surface area (Å²) in [6, 6.07) is -22.4. The van der Waals surface area contributed by atoms with Gasteiger partial charge in [-0.15, -0.1) is 0 Å². The van der Waals surface area contributed by atoms with Crippen LogP contribution in [0.25, 0.3) is 0 Å². The number of guanidine groups is 3. The summed E-state index contributed by atoms with van der Waals surface area (Å²) in [7, 11) is 0. The highest BCUT2D eigenvalue weighted by Gasteiger charge is 2.43. The van der Waals surface area contributed by atoms with E-state index >= 15 is 0 Å². The van der Waals surface area contributed by atoms with Gasteiger partial charge in [0.2, 0.25) is 88.6 Å². The van der Waals surface area contributed by atoms with Crippen LogP contribution in [0.2, 0.25) is 0 Å². The molecule has 2 aliphatic rings. The maximum absolute atomic E-state index is 14.5. The molecule has 0 aliphatic carbocycles. The third-order valence-corrected chi connectivity index (χ3v) is 18.8. The van der Waals surface area contributed by atoms with E-state index < -0.39 is 217 Å². The number of aromatic nitrogens is 2. The number of carbonyl (C=O) groups is 16. The van der Waals surface area contributed by atoms with Crippen molar-refractivity contribution in [2.24, 2.45) is 55.1 Å². The Bertz CT molecular complexity index is 3560. The van der Waals surface area contributed by atoms with Crippen LogP contribution in [0, 0.1) is 0 Å². The number of likely N-dealkylation sites (tertiary alicyclic amines) is 2. The lowest BCUT2D eigenvalue weighted by molar-refractivity contribution is -0.143. The predicted molar refractivity (Wildman–Crippen MR) is 421 cm³/mol. The molecule has 0 aromatic carbocycles. The van der Waals surface area contributed by atoms with Gasteiger partial charge in [0.25, 0.3) is 0 Å². The maximum Gasteiger partial charge on any atom is 0.327 e. The summed E-state index contributed by atoms with van der Waals surface area (Å²) >= 11 is 16.3. The zero-order chi connectivity index (χ0) is 85.5. The van der Waals surface area contributed by atoms with E-state index in [0.717, 1.165) is 9.80 Å². The Morgan fingerprint density at radius 3 is 1.17 bits per heavy atom. The molecule has 51 heteroatoms. The number of aliphatic hydroxyl groups is 3. The normalized spacial score (nSPS) is 17.1. The molecule has 1 aromatic heterocycles. The maximum atomic E-state index is 14.5. The van der Waals surface area contributed by atoms with Crippen LogP contribution in [0.15, 0.2) is 27.5 Å². The Kier molecular flexibility index (Phi) is 43.7. The number of carbonyl (C=O) groups excluding carboxylic acids is 15. The molecule has 15 amide bonds. The molecule has 0 radical (unpaired) electrons. The summed E-state index contributed by atoms with van der Waals surface area (Å²) in [5.74, 6) is -17.9. The van der Waals surface area contributed by atoms with Crippen LogP contribution in [-0.4, -0.2) is 325 Å². The van der Waals surface area contributed by atoms with E-state index in [9.17, 15) is 97.1 Å². The van der Waals surface area contributed by atoms with Crippen molar-refractivity contribution in [1.29, 1.82) is 0 Å². The van der Waals surface area contributed by atoms with Crippen LogP contribution >= 0.6 is 50.5 Å². The van der Waals surface area contributed by atoms with Crippen molar-refractivity contribution in [3.05, 3.63) is 18.2 Å². The molecule has 1 aromatic rings. The first-order valence-corrected chi connectivity index (χ1v) is 38.4. The standard InChI is InChI=1S/C63H107N27O20S4/c1-29(46(95)79-33(9-4-14-73-62(67)68)50(99)83-37(22-92)52(101)88-42(27-114)60(109)110)76-48(97)32(8-3-13-72-61(65)66)80-49(98)34(10-5-15-74-63(69)70)81-57(106)44-12-7-17-90(44)59(108)38(23-93)85-55(104)40(25-112)86-47(96)30(2)77-56(105)43-11-6-16-89(43)58(107)35(18-31-20-71-28-75-31)82-51(100)36(21-91)84-54(103)41(26-113)87-53(102)39(24-111)78-45(94)19-64/h20,28-30,32-44,91-93,111-114H,3-19,21-27,64H2,1-2H3,(H,71,75)(H,76,97)(H,77,105)(H,78,94)(H,79,95)(H,80,98)(H,81,106)(H,82,100)(H,83,99)(H,84,103)(H,85,104)(H,86,96)(H,87,102)(H,88,101)(H,109,110)(H4,65,66,72)(H4,67,68,73)(H4,69,70,74)/t29-,30-,32-,33-,34-,35-,36-,37-,38-,39-,40-,41-,42-,43-,44-/m0/s1. The zero-order valence-corrected chi connectivity index (χ0v) is 66.2. The lowest BCUT2D eigenvalue weighted by Gasteiger charge is -2.31. The number of aliphatic hydroxyl groups excluding tert-OH is 3. The summed E-state index contributed by atoms with van der Waals surface area (Å²) in [5.41, 5.74) is 38.7. The van der Waals surface area contributed by atoms with Crippen molar-refractivity contribution in [3.63, 3.8) is 0 Å². The van der Waals surface area contributed by atoms with E-state index in [4.69, 9.17) is 40.1 Å². The first-order chi connectivity index (χ1) is 54.0. The summed E-state index contributed by atoms with van der Waals surface area (Å²) in [6.45, 7) is -1.35. The Balaban J connectivity index is 1.78. The second kappa shape index (κ2) is 50.8. The van der Waals surface area contributed by atoms with Crippen molar-refractivity contribution in [2.75, 3.05) is 82.1 Å². The number of aliphatic imine (C=N–C) groups is 3. The molecule has 15 atom stereocenters. The minimum Gasteiger partial charge on any atom is -0.480 e. The molecule has 0 unspecified atom stereocenters. The van der Waals surface area contributed by atoms with Crippen molar-refractivity contribution < 1.29 is 97.1 Å². The second-order valence-electron chi connectivity index (χ2n) is 26.0. The summed E-state index contributed by atoms with van der Waals surface area (Å²) in [6.07, 6.45) is 2.42. The van der Waals surface area contributed by atoms with Gasteiger partial charge < -0.3 is 144 Å². The van der Waals surface area contributed by atoms with Gasteiger partial charge in [0, 0.05) is 74.0 Å². The number of hydrogen-bond acceptors (Lipinski definition) is 28. The number of carboxylic acid groups (broad SMARTS) is 1. The molecule has 3 heterocycles. The van der Waals surface area contributed by atoms with Gasteiger partial charge in [-0.05, 0) is 78.1 Å². The van der Waals surface area contributed by atoms with Crippen molar-refractivity contribution >= 4 is 163 Å². The van der Waals surface area contributed by atoms with Gasteiger partial charge in [-0.3, -0.25) is 86.9 Å². The molecule has 0 saturated carbocycles. The fourth-order valence-corrected chi connectivity index (χ4v) is 12.3. The zero-order valence-electron chi connectivity index (χ0n) is 62.6. The van der Waals surface area contributed by atoms with Crippen LogP contribution in [0.3, 0.4) is 0 Å². The smallest absolute Gasteiger partial charge is 0.327 e. The predicted octanol–water partition coefficient (Wildman–Crippen LogP) is -13.8. The van der Waals surface area contributed by atoms with E-state index in [0.29, 0.717) is 5.69 Å². The Morgan fingerprint density at radius 1 is 0.447 bits per heavy atom. The quantitative estimate of drug-likeness (QED) is 0.0125.